The summed E-state index contributed by atoms with van der Waals surface area (Å²) < 4.78 is 30.8. The van der Waals surface area contributed by atoms with Crippen molar-refractivity contribution in [2.24, 2.45) is 0 Å². The van der Waals surface area contributed by atoms with Crippen LogP contribution in [0.2, 0.25) is 0 Å². The van der Waals surface area contributed by atoms with Gasteiger partial charge in [0.2, 0.25) is 0 Å². The van der Waals surface area contributed by atoms with Crippen LogP contribution in [0.4, 0.5) is 5.69 Å². The highest BCUT2D eigenvalue weighted by molar-refractivity contribution is 7.93. The third-order valence-corrected chi connectivity index (χ3v) is 9.11. The van der Waals surface area contributed by atoms with E-state index in [0.717, 1.165) is 38.5 Å². The van der Waals surface area contributed by atoms with Gasteiger partial charge in [0.05, 0.1) is 24.7 Å². The number of nitrogens with zero attached hydrogens (tertiary/aromatic N) is 3. The predicted octanol–water partition coefficient (Wildman–Crippen LogP) is 3.07. The number of piperazine rings is 1. The van der Waals surface area contributed by atoms with Gasteiger partial charge in [-0.1, -0.05) is 12.1 Å². The molecule has 5 nitrogen and oxygen atoms in total. The van der Waals surface area contributed by atoms with E-state index in [0.29, 0.717) is 4.90 Å². The number of rotatable bonds is 0. The Kier molecular flexibility index (Phi) is 3.48. The Morgan fingerprint density at radius 2 is 1.68 bits per heavy atom. The lowest BCUT2D eigenvalue weighted by atomic mass is 9.98. The van der Waals surface area contributed by atoms with Gasteiger partial charge in [0.1, 0.15) is 39.3 Å². The first-order chi connectivity index (χ1) is 12.9. The highest BCUT2D eigenvalue weighted by atomic mass is 32.2. The van der Waals surface area contributed by atoms with Crippen LogP contribution in [0.1, 0.15) is 31.9 Å². The van der Waals surface area contributed by atoms with Crippen molar-refractivity contribution in [1.82, 2.24) is 0 Å². The Morgan fingerprint density at radius 1 is 1.00 bits per heavy atom. The lowest BCUT2D eigenvalue weighted by molar-refractivity contribution is -1.03. The summed E-state index contributed by atoms with van der Waals surface area (Å²) in [7, 11) is 1.11. The zero-order valence-corrected chi connectivity index (χ0v) is 18.4. The molecule has 3 aliphatic rings. The summed E-state index contributed by atoms with van der Waals surface area (Å²) >= 11 is 0. The SMILES string of the molecule is CC(C)(C)N1c2cccc3c4c(cc(c23)S1(=O)=O)C[N+]1(CC[N+](C)(C)CC1)C4. The first-order valence-corrected chi connectivity index (χ1v) is 11.7. The van der Waals surface area contributed by atoms with Gasteiger partial charge in [0.25, 0.3) is 10.0 Å². The van der Waals surface area contributed by atoms with Crippen LogP contribution in [0.3, 0.4) is 0 Å². The van der Waals surface area contributed by atoms with Gasteiger partial charge in [-0.15, -0.1) is 0 Å². The zero-order valence-electron chi connectivity index (χ0n) is 17.6. The second-order valence-corrected chi connectivity index (χ2v) is 12.4. The summed E-state index contributed by atoms with van der Waals surface area (Å²) in [5.74, 6) is 0. The van der Waals surface area contributed by atoms with Gasteiger partial charge >= 0.3 is 0 Å². The van der Waals surface area contributed by atoms with E-state index in [1.807, 2.05) is 39.0 Å². The van der Waals surface area contributed by atoms with Crippen LogP contribution in [-0.4, -0.2) is 63.2 Å². The van der Waals surface area contributed by atoms with E-state index in [9.17, 15) is 8.42 Å². The monoisotopic (exact) mass is 401 g/mol. The van der Waals surface area contributed by atoms with E-state index in [4.69, 9.17) is 0 Å². The van der Waals surface area contributed by atoms with E-state index < -0.39 is 15.6 Å². The Morgan fingerprint density at radius 3 is 2.32 bits per heavy atom. The highest BCUT2D eigenvalue weighted by Gasteiger charge is 2.47. The third-order valence-electron chi connectivity index (χ3n) is 7.01. The highest BCUT2D eigenvalue weighted by Crippen LogP contribution is 2.49. The summed E-state index contributed by atoms with van der Waals surface area (Å²) in [6, 6.07) is 8.13. The second kappa shape index (κ2) is 5.29. The van der Waals surface area contributed by atoms with Crippen molar-refractivity contribution >= 4 is 26.5 Å². The normalized spacial score (nSPS) is 24.1. The molecule has 0 radical (unpaired) electrons. The summed E-state index contributed by atoms with van der Waals surface area (Å²) in [5, 5.41) is 2.08. The largest absolute Gasteiger partial charge is 0.319 e. The van der Waals surface area contributed by atoms with Crippen LogP contribution in [0.5, 0.6) is 0 Å². The minimum atomic E-state index is -3.52. The zero-order chi connectivity index (χ0) is 20.1. The number of sulfonamides is 1. The van der Waals surface area contributed by atoms with Crippen LogP contribution >= 0.6 is 0 Å². The second-order valence-electron chi connectivity index (χ2n) is 10.6. The molecule has 3 aliphatic heterocycles. The van der Waals surface area contributed by atoms with E-state index in [-0.39, 0.29) is 0 Å². The number of quaternary nitrogens is 2. The van der Waals surface area contributed by atoms with E-state index >= 15 is 0 Å². The van der Waals surface area contributed by atoms with Crippen molar-refractivity contribution in [3.05, 3.63) is 35.4 Å². The molecule has 28 heavy (non-hydrogen) atoms. The van der Waals surface area contributed by atoms with Gasteiger partial charge in [-0.05, 0) is 38.3 Å². The average molecular weight is 402 g/mol. The van der Waals surface area contributed by atoms with Crippen LogP contribution in [0.15, 0.2) is 29.2 Å². The molecule has 0 aromatic heterocycles. The number of hydrogen-bond acceptors (Lipinski definition) is 2. The van der Waals surface area contributed by atoms with Gasteiger partial charge in [-0.3, -0.25) is 4.31 Å². The molecule has 0 unspecified atom stereocenters. The molecule has 1 saturated heterocycles. The van der Waals surface area contributed by atoms with Crippen LogP contribution in [-0.2, 0) is 23.1 Å². The molecule has 1 fully saturated rings. The molecule has 0 aliphatic carbocycles. The quantitative estimate of drug-likeness (QED) is 0.636. The van der Waals surface area contributed by atoms with Crippen molar-refractivity contribution in [3.63, 3.8) is 0 Å². The van der Waals surface area contributed by atoms with Gasteiger partial charge in [-0.2, -0.15) is 0 Å². The fraction of sp³-hybridized carbons (Fsp3) is 0.545. The molecule has 2 aromatic rings. The minimum absolute atomic E-state index is 0.485. The molecule has 0 amide bonds. The van der Waals surface area contributed by atoms with Crippen molar-refractivity contribution in [2.75, 3.05) is 44.6 Å². The maximum atomic E-state index is 13.5. The van der Waals surface area contributed by atoms with Crippen LogP contribution in [0.25, 0.3) is 10.8 Å². The summed E-state index contributed by atoms with van der Waals surface area (Å²) in [6.07, 6.45) is 0. The number of benzene rings is 2. The first-order valence-electron chi connectivity index (χ1n) is 10.2. The number of hydrogen-bond donors (Lipinski definition) is 0. The van der Waals surface area contributed by atoms with Gasteiger partial charge in [0, 0.05) is 22.1 Å². The van der Waals surface area contributed by atoms with Crippen molar-refractivity contribution < 1.29 is 17.4 Å². The molecule has 1 spiro atoms. The first kappa shape index (κ1) is 18.4. The Labute approximate surface area is 168 Å². The molecule has 0 saturated carbocycles. The minimum Gasteiger partial charge on any atom is -0.319 e. The van der Waals surface area contributed by atoms with Gasteiger partial charge in [-0.25, -0.2) is 8.42 Å². The average Bonchev–Trinajstić information content (AvgIpc) is 3.05. The molecular formula is C22H31N3O2S+2. The lowest BCUT2D eigenvalue weighted by Gasteiger charge is -2.44. The number of likely N-dealkylation sites (N-methyl/N-ethyl adjacent to an activating group) is 1. The molecular weight excluding hydrogens is 370 g/mol. The molecule has 0 bridgehead atoms. The van der Waals surface area contributed by atoms with Gasteiger partial charge < -0.3 is 8.97 Å². The predicted molar refractivity (Wildman–Crippen MR) is 113 cm³/mol. The standard InChI is InChI=1S/C22H31N3O2S/c1-22(2,3)23-19-8-6-7-17-18-15-25(11-9-24(4,5)10-12-25)14-16(18)13-20(21(17)19)28(23,26)27/h6-8,13H,9-12,14-15H2,1-5H3/q+2. The summed E-state index contributed by atoms with van der Waals surface area (Å²) in [6.45, 7) is 12.6. The molecule has 3 heterocycles. The van der Waals surface area contributed by atoms with Crippen molar-refractivity contribution in [1.29, 1.82) is 0 Å². The molecule has 0 N–H and O–H groups in total. The van der Waals surface area contributed by atoms with E-state index in [2.05, 4.69) is 20.2 Å². The number of fused-ring (bicyclic) bond motifs is 2. The fourth-order valence-corrected chi connectivity index (χ4v) is 7.54. The number of anilines is 1. The molecule has 0 atom stereocenters. The third kappa shape index (κ3) is 2.41. The molecule has 2 aromatic carbocycles. The topological polar surface area (TPSA) is 37.4 Å². The Balaban J connectivity index is 1.68. The lowest BCUT2D eigenvalue weighted by Crippen LogP contribution is -2.61. The molecule has 6 heteroatoms. The smallest absolute Gasteiger partial charge is 0.265 e. The molecule has 150 valence electrons. The fourth-order valence-electron chi connectivity index (χ4n) is 5.45. The van der Waals surface area contributed by atoms with Crippen LogP contribution < -0.4 is 4.31 Å². The van der Waals surface area contributed by atoms with Gasteiger partial charge in [0.15, 0.2) is 0 Å². The summed E-state index contributed by atoms with van der Waals surface area (Å²) in [4.78, 5) is 0.514. The Hall–Kier alpha value is -1.63. The van der Waals surface area contributed by atoms with Crippen molar-refractivity contribution in [2.45, 2.75) is 44.3 Å². The van der Waals surface area contributed by atoms with Crippen molar-refractivity contribution in [3.8, 4) is 0 Å². The van der Waals surface area contributed by atoms with E-state index in [1.165, 1.54) is 37.3 Å². The maximum absolute atomic E-state index is 13.5. The molecule has 5 rings (SSSR count). The van der Waals surface area contributed by atoms with Crippen LogP contribution in [0, 0.1) is 0 Å². The maximum Gasteiger partial charge on any atom is 0.265 e. The summed E-state index contributed by atoms with van der Waals surface area (Å²) in [5.41, 5.74) is 2.98. The Bertz CT molecular complexity index is 1100. The van der Waals surface area contributed by atoms with E-state index in [1.54, 1.807) is 4.31 Å².